The zero-order valence-electron chi connectivity index (χ0n) is 14.8. The molecule has 148 valence electrons. The number of nitrogens with two attached hydrogens (primary N) is 1. The van der Waals surface area contributed by atoms with Gasteiger partial charge in [-0.1, -0.05) is 6.42 Å². The largest absolute Gasteiger partial charge is 0.379 e. The first-order chi connectivity index (χ1) is 11.6. The molecular weight excluding hydrogens is 457 g/mol. The van der Waals surface area contributed by atoms with Crippen LogP contribution in [0.2, 0.25) is 0 Å². The number of hydrogen-bond acceptors (Lipinski definition) is 5. The molecule has 0 radical (unpaired) electrons. The molecule has 2 rings (SSSR count). The standard InChI is InChI=1S/C15H31N5O3S.HI/c16-15(17-5-2-7-20-8-10-23-11-9-20)18-6-12-24(21,22)19-13-14-3-1-4-14;/h14,19H,1-13H2,(H3,16,17,18);1H. The van der Waals surface area contributed by atoms with Gasteiger partial charge in [0, 0.05) is 39.3 Å². The van der Waals surface area contributed by atoms with Crippen molar-refractivity contribution < 1.29 is 13.2 Å². The minimum atomic E-state index is -3.23. The van der Waals surface area contributed by atoms with Crippen molar-refractivity contribution >= 4 is 40.0 Å². The normalized spacial score (nSPS) is 19.9. The minimum Gasteiger partial charge on any atom is -0.379 e. The average molecular weight is 489 g/mol. The number of guanidine groups is 1. The molecule has 25 heavy (non-hydrogen) atoms. The Bertz CT molecular complexity index is 493. The number of sulfonamides is 1. The van der Waals surface area contributed by atoms with Crippen molar-refractivity contribution in [1.29, 1.82) is 0 Å². The quantitative estimate of drug-likeness (QED) is 0.172. The molecule has 2 aliphatic rings. The average Bonchev–Trinajstić information content (AvgIpc) is 2.51. The van der Waals surface area contributed by atoms with Crippen molar-refractivity contribution in [1.82, 2.24) is 14.9 Å². The summed E-state index contributed by atoms with van der Waals surface area (Å²) in [6, 6.07) is 0. The fourth-order valence-corrected chi connectivity index (χ4v) is 3.71. The Kier molecular flexibility index (Phi) is 11.2. The highest BCUT2D eigenvalue weighted by atomic mass is 127. The summed E-state index contributed by atoms with van der Waals surface area (Å²) in [5.74, 6) is 0.848. The van der Waals surface area contributed by atoms with Crippen LogP contribution in [0.4, 0.5) is 0 Å². The van der Waals surface area contributed by atoms with Gasteiger partial charge in [0.2, 0.25) is 10.0 Å². The van der Waals surface area contributed by atoms with E-state index in [1.54, 1.807) is 0 Å². The van der Waals surface area contributed by atoms with E-state index in [1.807, 2.05) is 0 Å². The van der Waals surface area contributed by atoms with Crippen LogP contribution in [-0.4, -0.2) is 77.5 Å². The van der Waals surface area contributed by atoms with Crippen molar-refractivity contribution in [2.45, 2.75) is 25.7 Å². The van der Waals surface area contributed by atoms with Gasteiger partial charge in [0.1, 0.15) is 0 Å². The van der Waals surface area contributed by atoms with Gasteiger partial charge in [-0.3, -0.25) is 9.89 Å². The van der Waals surface area contributed by atoms with Gasteiger partial charge in [0.25, 0.3) is 0 Å². The van der Waals surface area contributed by atoms with Gasteiger partial charge >= 0.3 is 0 Å². The molecule has 4 N–H and O–H groups in total. The van der Waals surface area contributed by atoms with Gasteiger partial charge in [0.05, 0.1) is 19.0 Å². The first-order valence-corrected chi connectivity index (χ1v) is 10.5. The van der Waals surface area contributed by atoms with Crippen LogP contribution in [-0.2, 0) is 14.8 Å². The maximum absolute atomic E-state index is 11.8. The van der Waals surface area contributed by atoms with Crippen LogP contribution in [0.15, 0.2) is 4.99 Å². The number of nitrogens with one attached hydrogen (secondary N) is 2. The highest BCUT2D eigenvalue weighted by Gasteiger charge is 2.19. The molecule has 0 aromatic carbocycles. The molecule has 1 aliphatic heterocycles. The van der Waals surface area contributed by atoms with E-state index < -0.39 is 10.0 Å². The summed E-state index contributed by atoms with van der Waals surface area (Å²) < 4.78 is 31.7. The van der Waals surface area contributed by atoms with Crippen molar-refractivity contribution in [3.05, 3.63) is 0 Å². The molecule has 1 heterocycles. The topological polar surface area (TPSA) is 109 Å². The van der Waals surface area contributed by atoms with Gasteiger partial charge in [-0.25, -0.2) is 13.1 Å². The van der Waals surface area contributed by atoms with Crippen molar-refractivity contribution in [3.63, 3.8) is 0 Å². The summed E-state index contributed by atoms with van der Waals surface area (Å²) in [6.45, 7) is 6.02. The van der Waals surface area contributed by atoms with Gasteiger partial charge in [-0.2, -0.15) is 0 Å². The number of morpholine rings is 1. The van der Waals surface area contributed by atoms with Crippen LogP contribution >= 0.6 is 24.0 Å². The number of rotatable bonds is 10. The first kappa shape index (κ1) is 22.9. The van der Waals surface area contributed by atoms with Crippen LogP contribution in [0.5, 0.6) is 0 Å². The van der Waals surface area contributed by atoms with E-state index in [-0.39, 0.29) is 36.3 Å². The molecule has 2 fully saturated rings. The monoisotopic (exact) mass is 489 g/mol. The van der Waals surface area contributed by atoms with Gasteiger partial charge < -0.3 is 15.8 Å². The second-order valence-electron chi connectivity index (χ2n) is 6.47. The molecule has 0 bridgehead atoms. The molecule has 1 saturated heterocycles. The molecule has 0 aromatic heterocycles. The Hall–Kier alpha value is -0.170. The zero-order chi connectivity index (χ0) is 17.3. The minimum absolute atomic E-state index is 0. The Morgan fingerprint density at radius 1 is 1.28 bits per heavy atom. The van der Waals surface area contributed by atoms with E-state index in [1.165, 1.54) is 6.42 Å². The summed E-state index contributed by atoms with van der Waals surface area (Å²) in [4.78, 5) is 6.59. The molecule has 0 unspecified atom stereocenters. The number of halogens is 1. The lowest BCUT2D eigenvalue weighted by molar-refractivity contribution is 0.0377. The van der Waals surface area contributed by atoms with Gasteiger partial charge in [0.15, 0.2) is 5.96 Å². The highest BCUT2D eigenvalue weighted by molar-refractivity contribution is 14.0. The van der Waals surface area contributed by atoms with E-state index in [4.69, 9.17) is 10.5 Å². The van der Waals surface area contributed by atoms with Crippen LogP contribution in [0.25, 0.3) is 0 Å². The Morgan fingerprint density at radius 2 is 2.00 bits per heavy atom. The fraction of sp³-hybridized carbons (Fsp3) is 0.933. The highest BCUT2D eigenvalue weighted by Crippen LogP contribution is 2.25. The predicted octanol–water partition coefficient (Wildman–Crippen LogP) is -0.0495. The maximum atomic E-state index is 11.8. The molecule has 0 atom stereocenters. The molecular formula is C15H32IN5O3S. The molecule has 0 amide bonds. The summed E-state index contributed by atoms with van der Waals surface area (Å²) in [6.07, 6.45) is 4.41. The summed E-state index contributed by atoms with van der Waals surface area (Å²) >= 11 is 0. The third kappa shape index (κ3) is 9.92. The zero-order valence-corrected chi connectivity index (χ0v) is 17.9. The summed E-state index contributed by atoms with van der Waals surface area (Å²) in [5, 5.41) is 2.87. The first-order valence-electron chi connectivity index (χ1n) is 8.86. The molecule has 1 saturated carbocycles. The number of ether oxygens (including phenoxy) is 1. The SMILES string of the molecule is I.NC(=NCCCN1CCOCC1)NCCS(=O)(=O)NCC1CCC1. The Labute approximate surface area is 168 Å². The molecule has 0 aromatic rings. The second kappa shape index (κ2) is 12.3. The summed E-state index contributed by atoms with van der Waals surface area (Å²) in [5.41, 5.74) is 5.77. The van der Waals surface area contributed by atoms with Crippen LogP contribution in [0.3, 0.4) is 0 Å². The Morgan fingerprint density at radius 3 is 2.64 bits per heavy atom. The fourth-order valence-electron chi connectivity index (χ4n) is 2.70. The van der Waals surface area contributed by atoms with E-state index in [2.05, 4.69) is 19.9 Å². The van der Waals surface area contributed by atoms with Crippen LogP contribution in [0, 0.1) is 5.92 Å². The smallest absolute Gasteiger partial charge is 0.213 e. The van der Waals surface area contributed by atoms with E-state index in [9.17, 15) is 8.42 Å². The predicted molar refractivity (Wildman–Crippen MR) is 111 cm³/mol. The van der Waals surface area contributed by atoms with Crippen molar-refractivity contribution in [2.75, 3.05) is 58.2 Å². The summed E-state index contributed by atoms with van der Waals surface area (Å²) in [7, 11) is -3.23. The maximum Gasteiger partial charge on any atom is 0.213 e. The van der Waals surface area contributed by atoms with Crippen molar-refractivity contribution in [3.8, 4) is 0 Å². The van der Waals surface area contributed by atoms with Crippen molar-refractivity contribution in [2.24, 2.45) is 16.6 Å². The van der Waals surface area contributed by atoms with Gasteiger partial charge in [-0.05, 0) is 25.2 Å². The van der Waals surface area contributed by atoms with Crippen LogP contribution in [0.1, 0.15) is 25.7 Å². The van der Waals surface area contributed by atoms with E-state index in [0.29, 0.717) is 25.0 Å². The molecule has 1 aliphatic carbocycles. The second-order valence-corrected chi connectivity index (χ2v) is 8.39. The number of hydrogen-bond donors (Lipinski definition) is 3. The van der Waals surface area contributed by atoms with E-state index >= 15 is 0 Å². The molecule has 10 heteroatoms. The Balaban J connectivity index is 0.00000312. The lowest BCUT2D eigenvalue weighted by atomic mass is 9.86. The lowest BCUT2D eigenvalue weighted by Gasteiger charge is -2.26. The number of aliphatic imine (C=N–C) groups is 1. The van der Waals surface area contributed by atoms with Gasteiger partial charge in [-0.15, -0.1) is 24.0 Å². The third-order valence-corrected chi connectivity index (χ3v) is 5.86. The molecule has 0 spiro atoms. The number of nitrogens with zero attached hydrogens (tertiary/aromatic N) is 2. The lowest BCUT2D eigenvalue weighted by Crippen LogP contribution is -2.40. The van der Waals surface area contributed by atoms with E-state index in [0.717, 1.165) is 52.1 Å². The van der Waals surface area contributed by atoms with Crippen LogP contribution < -0.4 is 15.8 Å². The molecule has 8 nitrogen and oxygen atoms in total. The third-order valence-electron chi connectivity index (χ3n) is 4.51.